The van der Waals surface area contributed by atoms with Crippen LogP contribution >= 0.6 is 15.9 Å². The van der Waals surface area contributed by atoms with Gasteiger partial charge in [0.2, 0.25) is 0 Å². The van der Waals surface area contributed by atoms with Gasteiger partial charge >= 0.3 is 0 Å². The van der Waals surface area contributed by atoms with Crippen molar-refractivity contribution in [2.75, 3.05) is 0 Å². The number of ketones is 1. The van der Waals surface area contributed by atoms with Gasteiger partial charge in [-0.2, -0.15) is 0 Å². The van der Waals surface area contributed by atoms with Crippen molar-refractivity contribution in [3.63, 3.8) is 0 Å². The molecule has 0 aromatic carbocycles. The Hall–Kier alpha value is -1.23. The molecular formula is C12H10BrFN2O. The van der Waals surface area contributed by atoms with Crippen LogP contribution in [0.25, 0.3) is 5.65 Å². The number of Topliss-reactive ketones (excluding diaryl/α,β-unsaturated/α-hetero) is 1. The first-order chi connectivity index (χ1) is 8.11. The third-order valence-corrected chi connectivity index (χ3v) is 3.86. The highest BCUT2D eigenvalue weighted by molar-refractivity contribution is 9.10. The van der Waals surface area contributed by atoms with E-state index in [-0.39, 0.29) is 17.5 Å². The molecule has 1 aliphatic carbocycles. The predicted molar refractivity (Wildman–Crippen MR) is 64.8 cm³/mol. The second kappa shape index (κ2) is 3.63. The third-order valence-electron chi connectivity index (χ3n) is 3.28. The summed E-state index contributed by atoms with van der Waals surface area (Å²) >= 11 is 3.16. The number of halogens is 2. The average molecular weight is 297 g/mol. The third kappa shape index (κ3) is 1.45. The van der Waals surface area contributed by atoms with Gasteiger partial charge in [-0.05, 0) is 22.4 Å². The number of nitrogens with zero attached hydrogens (tertiary/aromatic N) is 2. The summed E-state index contributed by atoms with van der Waals surface area (Å²) in [6.07, 6.45) is 3.06. The smallest absolute Gasteiger partial charge is 0.183 e. The van der Waals surface area contributed by atoms with E-state index in [4.69, 9.17) is 0 Å². The van der Waals surface area contributed by atoms with Crippen molar-refractivity contribution in [2.45, 2.75) is 25.7 Å². The standard InChI is InChI=1S/C12H10BrFN2O/c1-2-6-3-9(17)11-12(6)16-5-7(13)8(14)4-10(16)15-11/h4-6H,2-3H2,1H3. The minimum Gasteiger partial charge on any atom is -0.302 e. The molecule has 17 heavy (non-hydrogen) atoms. The zero-order valence-electron chi connectivity index (χ0n) is 9.20. The van der Waals surface area contributed by atoms with Crippen molar-refractivity contribution in [3.8, 4) is 0 Å². The van der Waals surface area contributed by atoms with Crippen molar-refractivity contribution in [2.24, 2.45) is 0 Å². The van der Waals surface area contributed by atoms with E-state index >= 15 is 0 Å². The maximum Gasteiger partial charge on any atom is 0.183 e. The number of fused-ring (bicyclic) bond motifs is 3. The highest BCUT2D eigenvalue weighted by Crippen LogP contribution is 2.36. The molecule has 1 unspecified atom stereocenters. The number of carbonyl (C=O) groups is 1. The first kappa shape index (κ1) is 10.9. The second-order valence-corrected chi connectivity index (χ2v) is 5.13. The molecule has 0 N–H and O–H groups in total. The summed E-state index contributed by atoms with van der Waals surface area (Å²) in [5, 5.41) is 0. The molecule has 3 nitrogen and oxygen atoms in total. The van der Waals surface area contributed by atoms with Crippen LogP contribution in [0.3, 0.4) is 0 Å². The molecule has 0 bridgehead atoms. The minimum atomic E-state index is -0.360. The van der Waals surface area contributed by atoms with Gasteiger partial charge in [0, 0.05) is 24.6 Å². The lowest BCUT2D eigenvalue weighted by atomic mass is 10.0. The van der Waals surface area contributed by atoms with Crippen LogP contribution in [0.5, 0.6) is 0 Å². The Morgan fingerprint density at radius 3 is 3.12 bits per heavy atom. The first-order valence-corrected chi connectivity index (χ1v) is 6.31. The fourth-order valence-corrected chi connectivity index (χ4v) is 2.73. The summed E-state index contributed by atoms with van der Waals surface area (Å²) in [5.74, 6) is -0.0985. The summed E-state index contributed by atoms with van der Waals surface area (Å²) < 4.78 is 15.6. The molecule has 2 aromatic heterocycles. The van der Waals surface area contributed by atoms with Crippen LogP contribution in [0, 0.1) is 5.82 Å². The van der Waals surface area contributed by atoms with Crippen LogP contribution in [-0.4, -0.2) is 15.2 Å². The fraction of sp³-hybridized carbons (Fsp3) is 0.333. The van der Waals surface area contributed by atoms with Crippen molar-refractivity contribution >= 4 is 27.4 Å². The van der Waals surface area contributed by atoms with E-state index in [1.165, 1.54) is 6.07 Å². The summed E-state index contributed by atoms with van der Waals surface area (Å²) in [4.78, 5) is 16.0. The Labute approximate surface area is 106 Å². The lowest BCUT2D eigenvalue weighted by Gasteiger charge is -2.07. The zero-order valence-corrected chi connectivity index (χ0v) is 10.8. The molecule has 0 saturated carbocycles. The van der Waals surface area contributed by atoms with E-state index in [1.807, 2.05) is 11.3 Å². The molecule has 88 valence electrons. The number of imidazole rings is 1. The molecular weight excluding hydrogens is 287 g/mol. The highest BCUT2D eigenvalue weighted by Gasteiger charge is 2.33. The Morgan fingerprint density at radius 1 is 1.65 bits per heavy atom. The monoisotopic (exact) mass is 296 g/mol. The zero-order chi connectivity index (χ0) is 12.2. The van der Waals surface area contributed by atoms with Crippen molar-refractivity contribution in [3.05, 3.63) is 33.9 Å². The summed E-state index contributed by atoms with van der Waals surface area (Å²) in [7, 11) is 0. The van der Waals surface area contributed by atoms with Gasteiger partial charge in [-0.3, -0.25) is 4.79 Å². The van der Waals surface area contributed by atoms with Gasteiger partial charge in [0.15, 0.2) is 5.78 Å². The molecule has 0 fully saturated rings. The molecule has 1 atom stereocenters. The molecule has 3 rings (SSSR count). The normalized spacial score (nSPS) is 19.0. The Balaban J connectivity index is 2.35. The molecule has 0 aliphatic heterocycles. The molecule has 0 amide bonds. The maximum atomic E-state index is 13.4. The summed E-state index contributed by atoms with van der Waals surface area (Å²) in [6.45, 7) is 2.05. The molecule has 1 aliphatic rings. The molecule has 0 spiro atoms. The van der Waals surface area contributed by atoms with E-state index in [2.05, 4.69) is 20.9 Å². The quantitative estimate of drug-likeness (QED) is 0.809. The minimum absolute atomic E-state index is 0.0621. The topological polar surface area (TPSA) is 34.4 Å². The lowest BCUT2D eigenvalue weighted by Crippen LogP contribution is -1.99. The van der Waals surface area contributed by atoms with Crippen LogP contribution in [0.1, 0.15) is 41.9 Å². The van der Waals surface area contributed by atoms with Gasteiger partial charge < -0.3 is 4.40 Å². The number of hydrogen-bond acceptors (Lipinski definition) is 2. The van der Waals surface area contributed by atoms with Crippen LogP contribution in [0.2, 0.25) is 0 Å². The fourth-order valence-electron chi connectivity index (χ4n) is 2.41. The van der Waals surface area contributed by atoms with Crippen molar-refractivity contribution < 1.29 is 9.18 Å². The number of pyridine rings is 1. The molecule has 2 heterocycles. The lowest BCUT2D eigenvalue weighted by molar-refractivity contribution is 0.0984. The first-order valence-electron chi connectivity index (χ1n) is 5.52. The van der Waals surface area contributed by atoms with Gasteiger partial charge in [-0.1, -0.05) is 6.92 Å². The second-order valence-electron chi connectivity index (χ2n) is 4.28. The van der Waals surface area contributed by atoms with Gasteiger partial charge in [0.1, 0.15) is 17.2 Å². The molecule has 5 heteroatoms. The van der Waals surface area contributed by atoms with Gasteiger partial charge in [0.25, 0.3) is 0 Å². The van der Waals surface area contributed by atoms with Crippen LogP contribution in [0.4, 0.5) is 4.39 Å². The van der Waals surface area contributed by atoms with Gasteiger partial charge in [0.05, 0.1) is 10.2 Å². The SMILES string of the molecule is CCC1CC(=O)c2nc3cc(F)c(Br)cn3c21. The van der Waals surface area contributed by atoms with Crippen LogP contribution in [-0.2, 0) is 0 Å². The highest BCUT2D eigenvalue weighted by atomic mass is 79.9. The van der Waals surface area contributed by atoms with Gasteiger partial charge in [-0.25, -0.2) is 9.37 Å². The van der Waals surface area contributed by atoms with Crippen molar-refractivity contribution in [1.29, 1.82) is 0 Å². The van der Waals surface area contributed by atoms with Crippen LogP contribution in [0.15, 0.2) is 16.7 Å². The predicted octanol–water partition coefficient (Wildman–Crippen LogP) is 3.32. The molecule has 0 radical (unpaired) electrons. The van der Waals surface area contributed by atoms with E-state index in [0.29, 0.717) is 22.2 Å². The number of hydrogen-bond donors (Lipinski definition) is 0. The number of aromatic nitrogens is 2. The molecule has 2 aromatic rings. The average Bonchev–Trinajstić information content (AvgIpc) is 2.79. The largest absolute Gasteiger partial charge is 0.302 e. The maximum absolute atomic E-state index is 13.4. The summed E-state index contributed by atoms with van der Waals surface area (Å²) in [6, 6.07) is 1.35. The van der Waals surface area contributed by atoms with E-state index in [9.17, 15) is 9.18 Å². The molecule has 0 saturated heterocycles. The van der Waals surface area contributed by atoms with E-state index in [0.717, 1.165) is 12.1 Å². The van der Waals surface area contributed by atoms with E-state index < -0.39 is 0 Å². The summed E-state index contributed by atoms with van der Waals surface area (Å²) in [5.41, 5.74) is 1.93. The van der Waals surface area contributed by atoms with Gasteiger partial charge in [-0.15, -0.1) is 0 Å². The number of carbonyl (C=O) groups excluding carboxylic acids is 1. The van der Waals surface area contributed by atoms with E-state index in [1.54, 1.807) is 6.20 Å². The number of rotatable bonds is 1. The Kier molecular flexibility index (Phi) is 2.33. The Bertz CT molecular complexity index is 635. The Morgan fingerprint density at radius 2 is 2.41 bits per heavy atom. The van der Waals surface area contributed by atoms with Crippen molar-refractivity contribution in [1.82, 2.24) is 9.38 Å². The van der Waals surface area contributed by atoms with Crippen LogP contribution < -0.4 is 0 Å².